The van der Waals surface area contributed by atoms with E-state index in [1.165, 1.54) is 0 Å². The third-order valence-corrected chi connectivity index (χ3v) is 6.03. The van der Waals surface area contributed by atoms with E-state index in [2.05, 4.69) is 38.2 Å². The van der Waals surface area contributed by atoms with Crippen molar-refractivity contribution in [2.45, 2.75) is 50.3 Å². The lowest BCUT2D eigenvalue weighted by molar-refractivity contribution is -0.141. The molecule has 0 radical (unpaired) electrons. The lowest BCUT2D eigenvalue weighted by atomic mass is 9.87. The molecule has 2 atom stereocenters. The molecule has 2 unspecified atom stereocenters. The summed E-state index contributed by atoms with van der Waals surface area (Å²) < 4.78 is 40.0. The number of hydrogen-bond donors (Lipinski definition) is 4. The summed E-state index contributed by atoms with van der Waals surface area (Å²) >= 11 is 6.45. The summed E-state index contributed by atoms with van der Waals surface area (Å²) in [5.41, 5.74) is 1.28. The molecular weight excluding hydrogens is 483 g/mol. The molecule has 35 heavy (non-hydrogen) atoms. The van der Waals surface area contributed by atoms with Gasteiger partial charge in [0.2, 0.25) is 5.95 Å². The van der Waals surface area contributed by atoms with Crippen LogP contribution in [-0.4, -0.2) is 53.6 Å². The molecule has 0 spiro atoms. The normalized spacial score (nSPS) is 17.7. The zero-order valence-electron chi connectivity index (χ0n) is 20.0. The fourth-order valence-corrected chi connectivity index (χ4v) is 4.25. The van der Waals surface area contributed by atoms with E-state index in [-0.39, 0.29) is 17.2 Å². The topological polar surface area (TPSA) is 94.2 Å². The monoisotopic (exact) mass is 513 g/mol. The highest BCUT2D eigenvalue weighted by atomic mass is 35.5. The second kappa shape index (κ2) is 11.9. The summed E-state index contributed by atoms with van der Waals surface area (Å²) in [7, 11) is 3.81. The molecule has 3 rings (SSSR count). The summed E-state index contributed by atoms with van der Waals surface area (Å²) in [5, 5.41) is 11.1. The van der Waals surface area contributed by atoms with Crippen LogP contribution in [0.25, 0.3) is 0 Å². The van der Waals surface area contributed by atoms with Crippen LogP contribution in [0.4, 0.5) is 35.4 Å². The number of benzene rings is 1. The molecule has 0 aliphatic carbocycles. The SMILES string of the molecule is CCCC1c2cc(NC(=O)Nc3nc(NCCCN(C)C)cc(C(F)(F)F)n3)ccc2CNC1Cl. The smallest absolute Gasteiger partial charge is 0.370 e. The number of nitrogens with one attached hydrogen (secondary N) is 4. The molecule has 1 aromatic heterocycles. The molecule has 1 aromatic carbocycles. The molecule has 0 fully saturated rings. The van der Waals surface area contributed by atoms with E-state index in [0.29, 0.717) is 25.2 Å². The number of anilines is 3. The molecule has 0 saturated heterocycles. The van der Waals surface area contributed by atoms with Crippen molar-refractivity contribution < 1.29 is 18.0 Å². The van der Waals surface area contributed by atoms with Crippen molar-refractivity contribution >= 4 is 35.1 Å². The largest absolute Gasteiger partial charge is 0.433 e. The van der Waals surface area contributed by atoms with Crippen molar-refractivity contribution in [3.63, 3.8) is 0 Å². The van der Waals surface area contributed by atoms with E-state index in [4.69, 9.17) is 11.6 Å². The number of nitrogens with zero attached hydrogens (tertiary/aromatic N) is 3. The number of urea groups is 1. The Hall–Kier alpha value is -2.63. The van der Waals surface area contributed by atoms with E-state index in [1.807, 2.05) is 31.1 Å². The summed E-state index contributed by atoms with van der Waals surface area (Å²) in [5.74, 6) is -0.374. The van der Waals surface area contributed by atoms with Gasteiger partial charge in [0.05, 0.1) is 5.50 Å². The molecule has 12 heteroatoms. The van der Waals surface area contributed by atoms with Crippen LogP contribution in [0.3, 0.4) is 0 Å². The third-order valence-electron chi connectivity index (χ3n) is 5.57. The predicted molar refractivity (Wildman–Crippen MR) is 132 cm³/mol. The lowest BCUT2D eigenvalue weighted by Crippen LogP contribution is -2.35. The number of carbonyl (C=O) groups excluding carboxylic acids is 1. The van der Waals surface area contributed by atoms with Crippen LogP contribution < -0.4 is 21.3 Å². The zero-order valence-corrected chi connectivity index (χ0v) is 20.7. The fourth-order valence-electron chi connectivity index (χ4n) is 3.91. The standard InChI is InChI=1S/C23H31ClF3N7O/c1-4-6-16-17-11-15(8-7-14(17)13-29-20(16)24)30-22(35)33-21-31-18(23(25,26)27)12-19(32-21)28-9-5-10-34(2)3/h7-8,11-12,16,20,29H,4-6,9-10,13H2,1-3H3,(H3,28,30,31,32,33,35). The molecule has 0 bridgehead atoms. The van der Waals surface area contributed by atoms with Crippen molar-refractivity contribution in [1.29, 1.82) is 0 Å². The first-order chi connectivity index (χ1) is 16.6. The van der Waals surface area contributed by atoms with Gasteiger partial charge in [0.25, 0.3) is 0 Å². The number of alkyl halides is 4. The highest BCUT2D eigenvalue weighted by Gasteiger charge is 2.34. The Morgan fingerprint density at radius 1 is 1.23 bits per heavy atom. The first-order valence-corrected chi connectivity index (χ1v) is 11.9. The Kier molecular flexibility index (Phi) is 9.15. The predicted octanol–water partition coefficient (Wildman–Crippen LogP) is 5.05. The lowest BCUT2D eigenvalue weighted by Gasteiger charge is -2.31. The number of halogens is 4. The summed E-state index contributed by atoms with van der Waals surface area (Å²) in [6.07, 6.45) is -2.15. The molecule has 1 aliphatic rings. The highest BCUT2D eigenvalue weighted by molar-refractivity contribution is 6.21. The Morgan fingerprint density at radius 2 is 2.00 bits per heavy atom. The van der Waals surface area contributed by atoms with Crippen LogP contribution in [0.2, 0.25) is 0 Å². The maximum absolute atomic E-state index is 13.3. The van der Waals surface area contributed by atoms with Crippen LogP contribution in [0, 0.1) is 0 Å². The number of amides is 2. The molecule has 0 saturated carbocycles. The van der Waals surface area contributed by atoms with Crippen molar-refractivity contribution in [3.05, 3.63) is 41.1 Å². The van der Waals surface area contributed by atoms with Crippen molar-refractivity contribution in [2.24, 2.45) is 0 Å². The summed E-state index contributed by atoms with van der Waals surface area (Å²) in [6, 6.07) is 5.58. The molecule has 2 aromatic rings. The van der Waals surface area contributed by atoms with Gasteiger partial charge in [-0.05, 0) is 56.7 Å². The first kappa shape index (κ1) is 27.0. The van der Waals surface area contributed by atoms with E-state index in [1.54, 1.807) is 6.07 Å². The maximum atomic E-state index is 13.3. The minimum Gasteiger partial charge on any atom is -0.370 e. The maximum Gasteiger partial charge on any atom is 0.433 e. The van der Waals surface area contributed by atoms with Gasteiger partial charge >= 0.3 is 12.2 Å². The summed E-state index contributed by atoms with van der Waals surface area (Å²) in [6.45, 7) is 3.88. The van der Waals surface area contributed by atoms with Gasteiger partial charge in [-0.2, -0.15) is 18.2 Å². The van der Waals surface area contributed by atoms with Crippen LogP contribution in [0.1, 0.15) is 48.9 Å². The number of carbonyl (C=O) groups is 1. The van der Waals surface area contributed by atoms with Crippen molar-refractivity contribution in [1.82, 2.24) is 20.2 Å². The average Bonchev–Trinajstić information content (AvgIpc) is 2.78. The quantitative estimate of drug-likeness (QED) is 0.213. The van der Waals surface area contributed by atoms with Gasteiger partial charge in [-0.1, -0.05) is 19.4 Å². The Labute approximate surface area is 208 Å². The summed E-state index contributed by atoms with van der Waals surface area (Å²) in [4.78, 5) is 22.1. The molecule has 192 valence electrons. The van der Waals surface area contributed by atoms with Gasteiger partial charge in [-0.3, -0.25) is 10.6 Å². The second-order valence-corrected chi connectivity index (χ2v) is 9.18. The van der Waals surface area contributed by atoms with Crippen LogP contribution in [0.15, 0.2) is 24.3 Å². The number of fused-ring (bicyclic) bond motifs is 1. The molecule has 4 N–H and O–H groups in total. The van der Waals surface area contributed by atoms with Gasteiger partial charge in [0.15, 0.2) is 5.69 Å². The second-order valence-electron chi connectivity index (χ2n) is 8.71. The highest BCUT2D eigenvalue weighted by Crippen LogP contribution is 2.35. The molecular formula is C23H31ClF3N7O. The van der Waals surface area contributed by atoms with Crippen molar-refractivity contribution in [2.75, 3.05) is 43.1 Å². The van der Waals surface area contributed by atoms with Gasteiger partial charge < -0.3 is 15.5 Å². The minimum atomic E-state index is -4.69. The first-order valence-electron chi connectivity index (χ1n) is 11.5. The molecule has 8 nitrogen and oxygen atoms in total. The van der Waals surface area contributed by atoms with Crippen LogP contribution >= 0.6 is 11.6 Å². The van der Waals surface area contributed by atoms with Crippen LogP contribution in [-0.2, 0) is 12.7 Å². The van der Waals surface area contributed by atoms with E-state index < -0.39 is 23.8 Å². The van der Waals surface area contributed by atoms with Gasteiger partial charge in [-0.25, -0.2) is 9.78 Å². The molecule has 1 aliphatic heterocycles. The van der Waals surface area contributed by atoms with Gasteiger partial charge in [-0.15, -0.1) is 11.6 Å². The Morgan fingerprint density at radius 3 is 2.69 bits per heavy atom. The number of aromatic nitrogens is 2. The van der Waals surface area contributed by atoms with Crippen molar-refractivity contribution in [3.8, 4) is 0 Å². The van der Waals surface area contributed by atoms with E-state index in [9.17, 15) is 18.0 Å². The third kappa shape index (κ3) is 7.68. The minimum absolute atomic E-state index is 0.0155. The average molecular weight is 514 g/mol. The fraction of sp³-hybridized carbons (Fsp3) is 0.522. The van der Waals surface area contributed by atoms with E-state index >= 15 is 0 Å². The van der Waals surface area contributed by atoms with Gasteiger partial charge in [0.1, 0.15) is 5.82 Å². The number of rotatable bonds is 9. The number of hydrogen-bond acceptors (Lipinski definition) is 6. The molecule has 2 amide bonds. The van der Waals surface area contributed by atoms with Crippen LogP contribution in [0.5, 0.6) is 0 Å². The zero-order chi connectivity index (χ0) is 25.6. The Bertz CT molecular complexity index is 1020. The Balaban J connectivity index is 1.73. The molecule has 2 heterocycles. The van der Waals surface area contributed by atoms with Gasteiger partial charge in [0, 0.05) is 30.8 Å². The van der Waals surface area contributed by atoms with E-state index in [0.717, 1.165) is 36.6 Å².